The Hall–Kier alpha value is -3.46. The molecule has 3 saturated heterocycles. The molecular formula is C28H25ClN4O4. The van der Waals surface area contributed by atoms with Crippen molar-refractivity contribution in [1.82, 2.24) is 20.3 Å². The van der Waals surface area contributed by atoms with E-state index in [4.69, 9.17) is 30.8 Å². The zero-order valence-corrected chi connectivity index (χ0v) is 20.7. The number of rotatable bonds is 5. The average molecular weight is 517 g/mol. The molecule has 37 heavy (non-hydrogen) atoms. The number of amides is 1. The van der Waals surface area contributed by atoms with Crippen molar-refractivity contribution in [2.75, 3.05) is 19.8 Å². The summed E-state index contributed by atoms with van der Waals surface area (Å²) in [5.74, 6) is 0.0602. The first-order valence-corrected chi connectivity index (χ1v) is 12.9. The van der Waals surface area contributed by atoms with Crippen LogP contribution in [0.3, 0.4) is 0 Å². The molecule has 188 valence electrons. The molecule has 3 aliphatic rings. The van der Waals surface area contributed by atoms with E-state index in [1.807, 2.05) is 42.5 Å². The quantitative estimate of drug-likeness (QED) is 0.406. The number of nitrogens with zero attached hydrogens (tertiary/aromatic N) is 2. The van der Waals surface area contributed by atoms with Crippen LogP contribution in [-0.4, -0.2) is 58.9 Å². The summed E-state index contributed by atoms with van der Waals surface area (Å²) in [6, 6.07) is 18.5. The minimum absolute atomic E-state index is 0.0491. The van der Waals surface area contributed by atoms with E-state index in [0.717, 1.165) is 41.6 Å². The van der Waals surface area contributed by atoms with E-state index < -0.39 is 0 Å². The summed E-state index contributed by atoms with van der Waals surface area (Å²) in [5.41, 5.74) is 6.01. The van der Waals surface area contributed by atoms with Crippen LogP contribution in [0.1, 0.15) is 24.3 Å². The summed E-state index contributed by atoms with van der Waals surface area (Å²) in [6.07, 6.45) is 1.59. The first-order valence-electron chi connectivity index (χ1n) is 12.6. The van der Waals surface area contributed by atoms with Crippen molar-refractivity contribution in [1.29, 1.82) is 0 Å². The summed E-state index contributed by atoms with van der Waals surface area (Å²) < 4.78 is 17.6. The summed E-state index contributed by atoms with van der Waals surface area (Å²) in [6.45, 7) is 1.92. The highest BCUT2D eigenvalue weighted by molar-refractivity contribution is 6.33. The third-order valence-electron chi connectivity index (χ3n) is 7.44. The molecule has 7 rings (SSSR count). The fraction of sp³-hybridized carbons (Fsp3) is 0.321. The van der Waals surface area contributed by atoms with Gasteiger partial charge in [-0.15, -0.1) is 0 Å². The zero-order chi connectivity index (χ0) is 24.9. The second-order valence-electron chi connectivity index (χ2n) is 9.72. The lowest BCUT2D eigenvalue weighted by Crippen LogP contribution is -2.32. The molecule has 5 heterocycles. The van der Waals surface area contributed by atoms with Crippen molar-refractivity contribution in [2.45, 2.75) is 37.1 Å². The molecule has 4 aromatic rings. The van der Waals surface area contributed by atoms with Crippen LogP contribution < -0.4 is 10.1 Å². The maximum atomic E-state index is 12.0. The molecular weight excluding hydrogens is 492 g/mol. The van der Waals surface area contributed by atoms with Gasteiger partial charge in [-0.1, -0.05) is 60.1 Å². The number of aromatic amines is 1. The largest absolute Gasteiger partial charge is 0.456 e. The molecule has 4 atom stereocenters. The van der Waals surface area contributed by atoms with E-state index in [0.29, 0.717) is 41.1 Å². The number of ether oxygens (including phenoxy) is 3. The highest BCUT2D eigenvalue weighted by atomic mass is 35.5. The summed E-state index contributed by atoms with van der Waals surface area (Å²) in [5, 5.41) is 3.42. The van der Waals surface area contributed by atoms with E-state index in [9.17, 15) is 4.79 Å². The Morgan fingerprint density at radius 3 is 2.46 bits per heavy atom. The first-order chi connectivity index (χ1) is 18.1. The van der Waals surface area contributed by atoms with Gasteiger partial charge in [0, 0.05) is 18.7 Å². The highest BCUT2D eigenvalue weighted by Crippen LogP contribution is 2.33. The number of aromatic nitrogens is 3. The Morgan fingerprint density at radius 2 is 1.70 bits per heavy atom. The van der Waals surface area contributed by atoms with Gasteiger partial charge in [-0.2, -0.15) is 4.98 Å². The fourth-order valence-electron chi connectivity index (χ4n) is 5.47. The number of carbonyl (C=O) groups is 1. The molecule has 9 heteroatoms. The van der Waals surface area contributed by atoms with Crippen molar-refractivity contribution in [2.24, 2.45) is 0 Å². The van der Waals surface area contributed by atoms with Crippen molar-refractivity contribution in [3.8, 4) is 28.4 Å². The predicted molar refractivity (Wildman–Crippen MR) is 139 cm³/mol. The molecule has 2 unspecified atom stereocenters. The van der Waals surface area contributed by atoms with Gasteiger partial charge in [0.05, 0.1) is 34.9 Å². The smallest absolute Gasteiger partial charge is 0.296 e. The summed E-state index contributed by atoms with van der Waals surface area (Å²) in [4.78, 5) is 24.4. The molecule has 2 aromatic carbocycles. The number of pyridine rings is 1. The average Bonchev–Trinajstić information content (AvgIpc) is 3.70. The number of halogens is 1. The van der Waals surface area contributed by atoms with Crippen LogP contribution >= 0.6 is 11.6 Å². The normalized spacial score (nSPS) is 24.9. The Morgan fingerprint density at radius 1 is 0.946 bits per heavy atom. The van der Waals surface area contributed by atoms with Crippen LogP contribution in [0.2, 0.25) is 5.02 Å². The molecule has 1 amide bonds. The number of carbonyl (C=O) groups excluding carboxylic acids is 1. The standard InChI is InChI=1S/C28H25ClN4O4/c29-20-13-21-26(33-28(31-21)37-23-14-36-22-10-12-35-25(22)23)32-24(20)18-7-3-16(4-8-18)15-1-5-17(6-2-15)19-9-11-30-27(19)34/h1-8,13,19,22-23,25H,9-12,14H2,(H,30,34)(H,31,32,33)/t19?,22-,23?,25+/m1/s1. The second kappa shape index (κ2) is 9.13. The number of fused-ring (bicyclic) bond motifs is 2. The lowest BCUT2D eigenvalue weighted by Gasteiger charge is -2.15. The molecule has 0 saturated carbocycles. The maximum Gasteiger partial charge on any atom is 0.296 e. The van der Waals surface area contributed by atoms with E-state index in [-0.39, 0.29) is 30.1 Å². The molecule has 2 N–H and O–H groups in total. The van der Waals surface area contributed by atoms with Crippen LogP contribution in [0.4, 0.5) is 0 Å². The van der Waals surface area contributed by atoms with E-state index >= 15 is 0 Å². The van der Waals surface area contributed by atoms with Gasteiger partial charge in [0.15, 0.2) is 11.8 Å². The number of H-pyrrole nitrogens is 1. The monoisotopic (exact) mass is 516 g/mol. The third kappa shape index (κ3) is 4.15. The van der Waals surface area contributed by atoms with Crippen LogP contribution in [0.25, 0.3) is 33.5 Å². The second-order valence-corrected chi connectivity index (χ2v) is 10.1. The molecule has 0 aliphatic carbocycles. The Kier molecular flexibility index (Phi) is 5.61. The molecule has 0 spiro atoms. The molecule has 0 radical (unpaired) electrons. The van der Waals surface area contributed by atoms with Crippen molar-refractivity contribution in [3.05, 3.63) is 65.2 Å². The Labute approximate surface area is 218 Å². The van der Waals surface area contributed by atoms with Crippen LogP contribution in [-0.2, 0) is 14.3 Å². The number of hydrogen-bond acceptors (Lipinski definition) is 6. The minimum atomic E-state index is -0.195. The summed E-state index contributed by atoms with van der Waals surface area (Å²) in [7, 11) is 0. The number of benzene rings is 2. The van der Waals surface area contributed by atoms with Gasteiger partial charge in [0.2, 0.25) is 5.91 Å². The summed E-state index contributed by atoms with van der Waals surface area (Å²) >= 11 is 6.61. The van der Waals surface area contributed by atoms with Crippen LogP contribution in [0.15, 0.2) is 54.6 Å². The molecule has 8 nitrogen and oxygen atoms in total. The van der Waals surface area contributed by atoms with E-state index in [2.05, 4.69) is 27.4 Å². The number of nitrogens with one attached hydrogen (secondary N) is 2. The SMILES string of the molecule is O=C1NCCC1c1ccc(-c2ccc(-c3nc4nc(OC5CO[C@@H]6CCO[C@H]56)[nH]c4cc3Cl)cc2)cc1. The zero-order valence-electron chi connectivity index (χ0n) is 19.9. The molecule has 3 fully saturated rings. The van der Waals surface area contributed by atoms with Gasteiger partial charge in [0.1, 0.15) is 6.10 Å². The van der Waals surface area contributed by atoms with Gasteiger partial charge in [-0.05, 0) is 35.6 Å². The lowest BCUT2D eigenvalue weighted by molar-refractivity contribution is -0.120. The topological polar surface area (TPSA) is 98.4 Å². The van der Waals surface area contributed by atoms with Crippen LogP contribution in [0.5, 0.6) is 6.01 Å². The van der Waals surface area contributed by atoms with Crippen molar-refractivity contribution < 1.29 is 19.0 Å². The molecule has 2 aromatic heterocycles. The maximum absolute atomic E-state index is 12.0. The lowest BCUT2D eigenvalue weighted by atomic mass is 9.95. The predicted octanol–water partition coefficient (Wildman–Crippen LogP) is 4.48. The Bertz CT molecular complexity index is 1470. The third-order valence-corrected chi connectivity index (χ3v) is 7.73. The Balaban J connectivity index is 1.10. The van der Waals surface area contributed by atoms with E-state index in [1.54, 1.807) is 0 Å². The number of imidazole rings is 1. The first kappa shape index (κ1) is 22.7. The van der Waals surface area contributed by atoms with Crippen molar-refractivity contribution in [3.63, 3.8) is 0 Å². The van der Waals surface area contributed by atoms with Gasteiger partial charge in [0.25, 0.3) is 6.01 Å². The number of hydrogen-bond donors (Lipinski definition) is 2. The van der Waals surface area contributed by atoms with Gasteiger partial charge in [-0.3, -0.25) is 4.79 Å². The molecule has 3 aliphatic heterocycles. The van der Waals surface area contributed by atoms with Gasteiger partial charge < -0.3 is 24.5 Å². The van der Waals surface area contributed by atoms with Gasteiger partial charge in [-0.25, -0.2) is 4.98 Å². The van der Waals surface area contributed by atoms with E-state index in [1.165, 1.54) is 0 Å². The van der Waals surface area contributed by atoms with Crippen molar-refractivity contribution >= 4 is 28.7 Å². The highest BCUT2D eigenvalue weighted by Gasteiger charge is 2.43. The minimum Gasteiger partial charge on any atom is -0.456 e. The van der Waals surface area contributed by atoms with Gasteiger partial charge >= 0.3 is 0 Å². The molecule has 0 bridgehead atoms. The fourth-order valence-corrected chi connectivity index (χ4v) is 5.73. The van der Waals surface area contributed by atoms with Crippen LogP contribution in [0, 0.1) is 0 Å².